The summed E-state index contributed by atoms with van der Waals surface area (Å²) in [6.07, 6.45) is 0. The predicted molar refractivity (Wildman–Crippen MR) is 87.0 cm³/mol. The first-order valence-electron chi connectivity index (χ1n) is 5.30. The highest BCUT2D eigenvalue weighted by molar-refractivity contribution is 14.1. The second-order valence-electron chi connectivity index (χ2n) is 3.93. The van der Waals surface area contributed by atoms with E-state index in [0.29, 0.717) is 6.54 Å². The number of carbonyl (C=O) groups excluding carboxylic acids is 1. The maximum Gasteiger partial charge on any atom is 0.254 e. The van der Waals surface area contributed by atoms with E-state index in [1.165, 1.54) is 0 Å². The van der Waals surface area contributed by atoms with Crippen LogP contribution in [-0.2, 0) is 6.54 Å². The van der Waals surface area contributed by atoms with Gasteiger partial charge in [-0.25, -0.2) is 0 Å². The molecule has 0 saturated carbocycles. The minimum absolute atomic E-state index is 0.0640. The Hall–Kier alpha value is -0.400. The van der Waals surface area contributed by atoms with Gasteiger partial charge in [0.15, 0.2) is 0 Å². The highest BCUT2D eigenvalue weighted by Gasteiger charge is 2.13. The Bertz CT molecular complexity index is 570. The third-order valence-corrected chi connectivity index (χ3v) is 4.75. The summed E-state index contributed by atoms with van der Waals surface area (Å²) in [4.78, 5) is 13.9. The van der Waals surface area contributed by atoms with Crippen molar-refractivity contribution < 1.29 is 4.79 Å². The molecule has 1 amide bonds. The normalized spacial score (nSPS) is 10.4. The van der Waals surface area contributed by atoms with Crippen LogP contribution < -0.4 is 0 Å². The molecule has 0 bridgehead atoms. The first kappa shape index (κ1) is 14.0. The topological polar surface area (TPSA) is 20.3 Å². The lowest BCUT2D eigenvalue weighted by Gasteiger charge is -2.16. The van der Waals surface area contributed by atoms with Crippen molar-refractivity contribution in [2.75, 3.05) is 7.05 Å². The maximum absolute atomic E-state index is 12.2. The van der Waals surface area contributed by atoms with E-state index in [2.05, 4.69) is 38.5 Å². The fraction of sp³-hybridized carbons (Fsp3) is 0.154. The molecule has 0 aliphatic carbocycles. The van der Waals surface area contributed by atoms with Gasteiger partial charge in [-0.05, 0) is 46.4 Å². The number of halogens is 2. The van der Waals surface area contributed by atoms with Crippen LogP contribution in [0.3, 0.4) is 0 Å². The van der Waals surface area contributed by atoms with Crippen LogP contribution in [0.4, 0.5) is 0 Å². The number of benzene rings is 1. The molecular weight excluding hydrogens is 425 g/mol. The molecule has 1 heterocycles. The molecular formula is C13H11BrINOS. The molecule has 0 spiro atoms. The average Bonchev–Trinajstić information content (AvgIpc) is 2.75. The highest BCUT2D eigenvalue weighted by Crippen LogP contribution is 2.19. The van der Waals surface area contributed by atoms with Crippen LogP contribution >= 0.6 is 49.9 Å². The van der Waals surface area contributed by atoms with E-state index in [0.717, 1.165) is 18.5 Å². The minimum atomic E-state index is 0.0640. The number of carbonyl (C=O) groups is 1. The van der Waals surface area contributed by atoms with Crippen LogP contribution in [0.15, 0.2) is 40.2 Å². The number of hydrogen-bond donors (Lipinski definition) is 0. The zero-order chi connectivity index (χ0) is 13.1. The van der Waals surface area contributed by atoms with Gasteiger partial charge < -0.3 is 4.90 Å². The fourth-order valence-corrected chi connectivity index (χ4v) is 3.39. The second-order valence-corrected chi connectivity index (χ2v) is 7.65. The van der Waals surface area contributed by atoms with Crippen molar-refractivity contribution in [3.8, 4) is 0 Å². The lowest BCUT2D eigenvalue weighted by Crippen LogP contribution is -2.25. The molecule has 0 N–H and O–H groups in total. The molecule has 0 saturated heterocycles. The SMILES string of the molecule is CN(Cc1cccc(Br)c1)C(=O)c1csc(I)c1. The molecule has 2 nitrogen and oxygen atoms in total. The van der Waals surface area contributed by atoms with Crippen molar-refractivity contribution in [3.05, 3.63) is 54.2 Å². The van der Waals surface area contributed by atoms with Crippen molar-refractivity contribution in [3.63, 3.8) is 0 Å². The van der Waals surface area contributed by atoms with E-state index in [1.54, 1.807) is 16.2 Å². The van der Waals surface area contributed by atoms with Crippen LogP contribution in [0.25, 0.3) is 0 Å². The van der Waals surface area contributed by atoms with Crippen molar-refractivity contribution in [2.45, 2.75) is 6.54 Å². The highest BCUT2D eigenvalue weighted by atomic mass is 127. The number of amides is 1. The van der Waals surface area contributed by atoms with E-state index >= 15 is 0 Å². The third-order valence-electron chi connectivity index (χ3n) is 2.47. The Morgan fingerprint density at radius 1 is 1.44 bits per heavy atom. The van der Waals surface area contributed by atoms with Crippen molar-refractivity contribution in [1.29, 1.82) is 0 Å². The van der Waals surface area contributed by atoms with Gasteiger partial charge in [0.25, 0.3) is 5.91 Å². The van der Waals surface area contributed by atoms with Gasteiger partial charge in [-0.3, -0.25) is 4.79 Å². The van der Waals surface area contributed by atoms with Gasteiger partial charge >= 0.3 is 0 Å². The van der Waals surface area contributed by atoms with Crippen molar-refractivity contribution in [2.24, 2.45) is 0 Å². The summed E-state index contributed by atoms with van der Waals surface area (Å²) >= 11 is 7.25. The van der Waals surface area contributed by atoms with Crippen LogP contribution in [0.1, 0.15) is 15.9 Å². The van der Waals surface area contributed by atoms with Crippen LogP contribution in [-0.4, -0.2) is 17.9 Å². The smallest absolute Gasteiger partial charge is 0.254 e. The second kappa shape index (κ2) is 6.16. The molecule has 0 fully saturated rings. The summed E-state index contributed by atoms with van der Waals surface area (Å²) in [5.74, 6) is 0.0640. The molecule has 1 aromatic carbocycles. The summed E-state index contributed by atoms with van der Waals surface area (Å²) in [5, 5.41) is 1.90. The molecule has 94 valence electrons. The van der Waals surface area contributed by atoms with E-state index in [-0.39, 0.29) is 5.91 Å². The minimum Gasteiger partial charge on any atom is -0.337 e. The molecule has 2 aromatic rings. The maximum atomic E-state index is 12.2. The van der Waals surface area contributed by atoms with Gasteiger partial charge in [0.1, 0.15) is 0 Å². The number of hydrogen-bond acceptors (Lipinski definition) is 2. The summed E-state index contributed by atoms with van der Waals surface area (Å²) in [5.41, 5.74) is 1.88. The van der Waals surface area contributed by atoms with Gasteiger partial charge in [-0.2, -0.15) is 0 Å². The molecule has 5 heteroatoms. The van der Waals surface area contributed by atoms with E-state index in [9.17, 15) is 4.79 Å². The van der Waals surface area contributed by atoms with Crippen LogP contribution in [0, 0.1) is 2.88 Å². The van der Waals surface area contributed by atoms with Gasteiger partial charge in [0.2, 0.25) is 0 Å². The fourth-order valence-electron chi connectivity index (χ4n) is 1.62. The summed E-state index contributed by atoms with van der Waals surface area (Å²) in [6.45, 7) is 0.616. The van der Waals surface area contributed by atoms with Crippen molar-refractivity contribution in [1.82, 2.24) is 4.90 Å². The quantitative estimate of drug-likeness (QED) is 0.655. The lowest BCUT2D eigenvalue weighted by atomic mass is 10.2. The van der Waals surface area contributed by atoms with Gasteiger partial charge in [0.05, 0.1) is 8.45 Å². The van der Waals surface area contributed by atoms with E-state index in [4.69, 9.17) is 0 Å². The largest absolute Gasteiger partial charge is 0.337 e. The Labute approximate surface area is 132 Å². The van der Waals surface area contributed by atoms with E-state index in [1.807, 2.05) is 42.8 Å². The third kappa shape index (κ3) is 3.55. The number of nitrogens with zero attached hydrogens (tertiary/aromatic N) is 1. The van der Waals surface area contributed by atoms with Crippen molar-refractivity contribution >= 4 is 55.8 Å². The summed E-state index contributed by atoms with van der Waals surface area (Å²) < 4.78 is 2.16. The molecule has 0 aliphatic heterocycles. The average molecular weight is 436 g/mol. The molecule has 18 heavy (non-hydrogen) atoms. The monoisotopic (exact) mass is 435 g/mol. The molecule has 1 aromatic heterocycles. The first-order chi connectivity index (χ1) is 8.56. The Morgan fingerprint density at radius 3 is 2.83 bits per heavy atom. The Morgan fingerprint density at radius 2 is 2.22 bits per heavy atom. The van der Waals surface area contributed by atoms with Gasteiger partial charge in [-0.1, -0.05) is 28.1 Å². The van der Waals surface area contributed by atoms with Crippen LogP contribution in [0.2, 0.25) is 0 Å². The van der Waals surface area contributed by atoms with Crippen LogP contribution in [0.5, 0.6) is 0 Å². The number of rotatable bonds is 3. The summed E-state index contributed by atoms with van der Waals surface area (Å²) in [7, 11) is 1.83. The zero-order valence-corrected chi connectivity index (χ0v) is 14.3. The van der Waals surface area contributed by atoms with E-state index < -0.39 is 0 Å². The first-order valence-corrected chi connectivity index (χ1v) is 8.05. The van der Waals surface area contributed by atoms with Gasteiger partial charge in [-0.15, -0.1) is 11.3 Å². The zero-order valence-electron chi connectivity index (χ0n) is 9.69. The number of thiophene rings is 1. The molecule has 0 aliphatic rings. The standard InChI is InChI=1S/C13H11BrINOS/c1-16(7-9-3-2-4-11(14)5-9)13(17)10-6-12(15)18-8-10/h2-6,8H,7H2,1H3. The molecule has 0 unspecified atom stereocenters. The Kier molecular flexibility index (Phi) is 4.80. The molecule has 2 rings (SSSR count). The van der Waals surface area contributed by atoms with Gasteiger partial charge in [0, 0.05) is 23.4 Å². The predicted octanol–water partition coefficient (Wildman–Crippen LogP) is 4.39. The molecule has 0 atom stereocenters. The summed E-state index contributed by atoms with van der Waals surface area (Å²) in [6, 6.07) is 9.93. The lowest BCUT2D eigenvalue weighted by molar-refractivity contribution is 0.0785. The Balaban J connectivity index is 2.08. The molecule has 0 radical (unpaired) electrons.